The number of sulfone groups is 1. The summed E-state index contributed by atoms with van der Waals surface area (Å²) in [5.41, 5.74) is 7.19. The molecule has 0 saturated carbocycles. The van der Waals surface area contributed by atoms with Crippen LogP contribution in [0.4, 0.5) is 0 Å². The second-order valence-electron chi connectivity index (χ2n) is 6.23. The van der Waals surface area contributed by atoms with Crippen LogP contribution < -0.4 is 5.73 Å². The highest BCUT2D eigenvalue weighted by molar-refractivity contribution is 7.91. The zero-order valence-electron chi connectivity index (χ0n) is 13.0. The van der Waals surface area contributed by atoms with E-state index in [1.807, 2.05) is 16.9 Å². The largest absolute Gasteiger partial charge is 0.327 e. The molecule has 21 heavy (non-hydrogen) atoms. The van der Waals surface area contributed by atoms with Gasteiger partial charge in [0.2, 0.25) is 0 Å². The van der Waals surface area contributed by atoms with Gasteiger partial charge >= 0.3 is 0 Å². The SMILES string of the molecule is CCC(CC)n1ccc(CC(N)CC2CCS(=O)(=O)C2)n1. The van der Waals surface area contributed by atoms with Crippen LogP contribution in [-0.4, -0.2) is 35.7 Å². The van der Waals surface area contributed by atoms with Crippen LogP contribution in [0.2, 0.25) is 0 Å². The minimum atomic E-state index is -2.80. The lowest BCUT2D eigenvalue weighted by molar-refractivity contribution is 0.420. The molecule has 0 amide bonds. The molecule has 0 bridgehead atoms. The summed E-state index contributed by atoms with van der Waals surface area (Å²) in [6, 6.07) is 2.48. The van der Waals surface area contributed by atoms with E-state index in [0.717, 1.165) is 37.8 Å². The summed E-state index contributed by atoms with van der Waals surface area (Å²) in [5, 5.41) is 4.61. The maximum absolute atomic E-state index is 11.5. The predicted molar refractivity (Wildman–Crippen MR) is 84.9 cm³/mol. The Hall–Kier alpha value is -0.880. The molecule has 2 rings (SSSR count). The van der Waals surface area contributed by atoms with Gasteiger partial charge in [-0.1, -0.05) is 13.8 Å². The molecule has 1 fully saturated rings. The standard InChI is InChI=1S/C15H27N3O2S/c1-3-15(4-2)18-7-5-14(17-18)10-13(16)9-12-6-8-21(19,20)11-12/h5,7,12-13,15H,3-4,6,8-11,16H2,1-2H3. The minimum absolute atomic E-state index is 0.00615. The Morgan fingerprint density at radius 3 is 2.71 bits per heavy atom. The third kappa shape index (κ3) is 4.54. The normalized spacial score (nSPS) is 22.8. The van der Waals surface area contributed by atoms with Crippen LogP contribution in [0.5, 0.6) is 0 Å². The summed E-state index contributed by atoms with van der Waals surface area (Å²) in [6.45, 7) is 4.34. The summed E-state index contributed by atoms with van der Waals surface area (Å²) >= 11 is 0. The number of hydrogen-bond acceptors (Lipinski definition) is 4. The van der Waals surface area contributed by atoms with Crippen molar-refractivity contribution < 1.29 is 8.42 Å². The van der Waals surface area contributed by atoms with Gasteiger partial charge in [-0.15, -0.1) is 0 Å². The molecular weight excluding hydrogens is 286 g/mol. The second-order valence-corrected chi connectivity index (χ2v) is 8.46. The molecule has 2 unspecified atom stereocenters. The lowest BCUT2D eigenvalue weighted by Crippen LogP contribution is -2.27. The van der Waals surface area contributed by atoms with Gasteiger partial charge in [0.1, 0.15) is 0 Å². The first-order valence-electron chi connectivity index (χ1n) is 7.93. The molecule has 0 aliphatic carbocycles. The van der Waals surface area contributed by atoms with E-state index in [-0.39, 0.29) is 12.0 Å². The first kappa shape index (κ1) is 16.5. The number of nitrogens with zero attached hydrogens (tertiary/aromatic N) is 2. The molecule has 120 valence electrons. The van der Waals surface area contributed by atoms with E-state index in [9.17, 15) is 8.42 Å². The topological polar surface area (TPSA) is 78.0 Å². The molecular formula is C15H27N3O2S. The lowest BCUT2D eigenvalue weighted by Gasteiger charge is -2.15. The fraction of sp³-hybridized carbons (Fsp3) is 0.800. The van der Waals surface area contributed by atoms with E-state index < -0.39 is 9.84 Å². The van der Waals surface area contributed by atoms with E-state index in [0.29, 0.717) is 17.5 Å². The van der Waals surface area contributed by atoms with Crippen LogP contribution in [-0.2, 0) is 16.3 Å². The smallest absolute Gasteiger partial charge is 0.150 e. The molecule has 1 aliphatic heterocycles. The Balaban J connectivity index is 1.87. The van der Waals surface area contributed by atoms with Crippen molar-refractivity contribution >= 4 is 9.84 Å². The van der Waals surface area contributed by atoms with E-state index in [2.05, 4.69) is 18.9 Å². The first-order valence-corrected chi connectivity index (χ1v) is 9.75. The highest BCUT2D eigenvalue weighted by Gasteiger charge is 2.29. The molecule has 2 heterocycles. The zero-order chi connectivity index (χ0) is 15.5. The average molecular weight is 313 g/mol. The van der Waals surface area contributed by atoms with Gasteiger partial charge < -0.3 is 5.73 Å². The Morgan fingerprint density at radius 2 is 2.14 bits per heavy atom. The molecule has 1 saturated heterocycles. The fourth-order valence-corrected chi connectivity index (χ4v) is 5.07. The molecule has 2 N–H and O–H groups in total. The van der Waals surface area contributed by atoms with Gasteiger partial charge in [0.25, 0.3) is 0 Å². The summed E-state index contributed by atoms with van der Waals surface area (Å²) < 4.78 is 25.0. The number of rotatable bonds is 7. The summed E-state index contributed by atoms with van der Waals surface area (Å²) in [5.74, 6) is 0.863. The lowest BCUT2D eigenvalue weighted by atomic mass is 9.97. The van der Waals surface area contributed by atoms with Crippen LogP contribution >= 0.6 is 0 Å². The summed E-state index contributed by atoms with van der Waals surface area (Å²) in [6.07, 6.45) is 6.44. The summed E-state index contributed by atoms with van der Waals surface area (Å²) in [4.78, 5) is 0. The maximum atomic E-state index is 11.5. The van der Waals surface area contributed by atoms with E-state index in [4.69, 9.17) is 5.73 Å². The zero-order valence-corrected chi connectivity index (χ0v) is 13.8. The van der Waals surface area contributed by atoms with Gasteiger partial charge in [-0.3, -0.25) is 4.68 Å². The van der Waals surface area contributed by atoms with Gasteiger partial charge in [-0.25, -0.2) is 8.42 Å². The van der Waals surface area contributed by atoms with E-state index in [1.165, 1.54) is 0 Å². The van der Waals surface area contributed by atoms with Crippen LogP contribution in [0.3, 0.4) is 0 Å². The molecule has 1 aromatic heterocycles. The van der Waals surface area contributed by atoms with Crippen molar-refractivity contribution in [3.63, 3.8) is 0 Å². The van der Waals surface area contributed by atoms with E-state index >= 15 is 0 Å². The second kappa shape index (κ2) is 6.92. The highest BCUT2D eigenvalue weighted by Crippen LogP contribution is 2.23. The van der Waals surface area contributed by atoms with Crippen molar-refractivity contribution in [2.45, 2.75) is 58.0 Å². The van der Waals surface area contributed by atoms with Crippen molar-refractivity contribution in [2.75, 3.05) is 11.5 Å². The van der Waals surface area contributed by atoms with E-state index in [1.54, 1.807) is 0 Å². The van der Waals surface area contributed by atoms with Gasteiger partial charge in [0.15, 0.2) is 9.84 Å². The molecule has 1 aromatic rings. The molecule has 2 atom stereocenters. The van der Waals surface area contributed by atoms with Crippen LogP contribution in [0.25, 0.3) is 0 Å². The molecule has 1 aliphatic rings. The third-order valence-electron chi connectivity index (χ3n) is 4.41. The third-order valence-corrected chi connectivity index (χ3v) is 6.25. The predicted octanol–water partition coefficient (Wildman–Crippen LogP) is 1.94. The fourth-order valence-electron chi connectivity index (χ4n) is 3.19. The van der Waals surface area contributed by atoms with Crippen molar-refractivity contribution in [2.24, 2.45) is 11.7 Å². The molecule has 0 spiro atoms. The van der Waals surface area contributed by atoms with Gasteiger partial charge in [0.05, 0.1) is 23.2 Å². The number of hydrogen-bond donors (Lipinski definition) is 1. The number of nitrogens with two attached hydrogens (primary N) is 1. The van der Waals surface area contributed by atoms with Crippen LogP contribution in [0, 0.1) is 5.92 Å². The van der Waals surface area contributed by atoms with Gasteiger partial charge in [-0.05, 0) is 37.7 Å². The molecule has 0 aromatic carbocycles. The van der Waals surface area contributed by atoms with Crippen molar-refractivity contribution in [3.05, 3.63) is 18.0 Å². The Labute approximate surface area is 127 Å². The minimum Gasteiger partial charge on any atom is -0.327 e. The number of aromatic nitrogens is 2. The maximum Gasteiger partial charge on any atom is 0.150 e. The van der Waals surface area contributed by atoms with Crippen LogP contribution in [0.15, 0.2) is 12.3 Å². The Bertz CT molecular complexity index is 549. The molecule has 5 nitrogen and oxygen atoms in total. The van der Waals surface area contributed by atoms with Crippen molar-refractivity contribution in [1.29, 1.82) is 0 Å². The van der Waals surface area contributed by atoms with Crippen LogP contribution in [0.1, 0.15) is 51.3 Å². The van der Waals surface area contributed by atoms with Crippen molar-refractivity contribution in [1.82, 2.24) is 9.78 Å². The van der Waals surface area contributed by atoms with Gasteiger partial charge in [-0.2, -0.15) is 5.10 Å². The Morgan fingerprint density at radius 1 is 1.43 bits per heavy atom. The van der Waals surface area contributed by atoms with Crippen molar-refractivity contribution in [3.8, 4) is 0 Å². The average Bonchev–Trinajstić information content (AvgIpc) is 2.98. The monoisotopic (exact) mass is 313 g/mol. The summed E-state index contributed by atoms with van der Waals surface area (Å²) in [7, 11) is -2.80. The quantitative estimate of drug-likeness (QED) is 0.834. The molecule has 6 heteroatoms. The molecule has 0 radical (unpaired) electrons. The van der Waals surface area contributed by atoms with Gasteiger partial charge in [0, 0.05) is 18.7 Å². The first-order chi connectivity index (χ1) is 9.93. The highest BCUT2D eigenvalue weighted by atomic mass is 32.2. The Kier molecular flexibility index (Phi) is 5.43.